The maximum Gasteiger partial charge on any atom is 0.262 e. The molecule has 1 unspecified atom stereocenters. The normalized spacial score (nSPS) is 20.2. The van der Waals surface area contributed by atoms with Crippen molar-refractivity contribution in [2.45, 2.75) is 69.2 Å². The van der Waals surface area contributed by atoms with Gasteiger partial charge in [-0.2, -0.15) is 0 Å². The van der Waals surface area contributed by atoms with E-state index in [9.17, 15) is 0 Å². The van der Waals surface area contributed by atoms with E-state index in [1.807, 2.05) is 0 Å². The first-order valence-electron chi connectivity index (χ1n) is 7.74. The Morgan fingerprint density at radius 1 is 1.12 bits per heavy atom. The van der Waals surface area contributed by atoms with Crippen molar-refractivity contribution in [2.24, 2.45) is 17.8 Å². The maximum absolute atomic E-state index is 2.50. The van der Waals surface area contributed by atoms with Crippen LogP contribution in [0.5, 0.6) is 0 Å². The lowest BCUT2D eigenvalue weighted by Gasteiger charge is -2.20. The molecular weight excluding hydrogens is 219 g/mol. The zero-order valence-corrected chi connectivity index (χ0v) is 13.6. The van der Waals surface area contributed by atoms with E-state index in [4.69, 9.17) is 0 Å². The van der Waals surface area contributed by atoms with Crippen molar-refractivity contribution in [3.05, 3.63) is 12.2 Å². The first-order valence-corrected chi connectivity index (χ1v) is 10.2. The Morgan fingerprint density at radius 3 is 2.24 bits per heavy atom. The van der Waals surface area contributed by atoms with Crippen molar-refractivity contribution in [3.8, 4) is 0 Å². The molecule has 0 saturated carbocycles. The second-order valence-corrected chi connectivity index (χ2v) is 10.1. The second-order valence-electron chi connectivity index (χ2n) is 6.82. The number of hydrogen-bond acceptors (Lipinski definition) is 0. The first-order chi connectivity index (χ1) is 8.08. The molecule has 0 aromatic heterocycles. The maximum atomic E-state index is 2.50. The third kappa shape index (κ3) is 7.33. The van der Waals surface area contributed by atoms with Crippen molar-refractivity contribution in [1.82, 2.24) is 0 Å². The Kier molecular flexibility index (Phi) is 7.56. The minimum absolute atomic E-state index is 0.454. The predicted molar refractivity (Wildman–Crippen MR) is 80.9 cm³/mol. The second kappa shape index (κ2) is 8.39. The Labute approximate surface area is 113 Å². The minimum atomic E-state index is -0.454. The first kappa shape index (κ1) is 15.3. The fraction of sp³-hybridized carbons (Fsp3) is 0.875. The van der Waals surface area contributed by atoms with Gasteiger partial charge < -0.3 is 0 Å². The Hall–Kier alpha value is 0.272. The number of rotatable bonds is 7. The Bertz CT molecular complexity index is 208. The van der Waals surface area contributed by atoms with Gasteiger partial charge in [-0.05, 0) is 25.2 Å². The van der Waals surface area contributed by atoms with Gasteiger partial charge >= 0.3 is 0 Å². The molecule has 0 radical (unpaired) electrons. The van der Waals surface area contributed by atoms with Crippen LogP contribution in [0.3, 0.4) is 0 Å². The predicted octanol–water partition coefficient (Wildman–Crippen LogP) is 5.54. The van der Waals surface area contributed by atoms with E-state index < -0.39 is 14.1 Å². The standard InChI is InChI=1S/C8H13.2C4H9.Al/c1-2-8-6-4-3-5-7-8;2*1-4(2)3;/h4,6,8H,1-3,5,7H2;2*4H,1H2,2-3H3;. The van der Waals surface area contributed by atoms with Gasteiger partial charge in [0.05, 0.1) is 0 Å². The summed E-state index contributed by atoms with van der Waals surface area (Å²) in [6.45, 7) is 9.61. The smallest absolute Gasteiger partial charge is 0.0933 e. The summed E-state index contributed by atoms with van der Waals surface area (Å²) in [5.74, 6) is 2.78. The van der Waals surface area contributed by atoms with E-state index in [1.54, 1.807) is 15.8 Å². The van der Waals surface area contributed by atoms with Crippen molar-refractivity contribution in [1.29, 1.82) is 0 Å². The van der Waals surface area contributed by atoms with Crippen LogP contribution in [0.15, 0.2) is 12.2 Å². The van der Waals surface area contributed by atoms with E-state index in [0.29, 0.717) is 0 Å². The Morgan fingerprint density at radius 2 is 1.76 bits per heavy atom. The van der Waals surface area contributed by atoms with Crippen LogP contribution in [0.2, 0.25) is 15.8 Å². The summed E-state index contributed by atoms with van der Waals surface area (Å²) in [5, 5.41) is 4.72. The van der Waals surface area contributed by atoms with Crippen LogP contribution in [0.4, 0.5) is 0 Å². The number of hydrogen-bond donors (Lipinski definition) is 0. The van der Waals surface area contributed by atoms with Crippen LogP contribution in [0.1, 0.15) is 53.4 Å². The van der Waals surface area contributed by atoms with Crippen LogP contribution in [0.25, 0.3) is 0 Å². The highest BCUT2D eigenvalue weighted by atomic mass is 27.2. The molecule has 1 atom stereocenters. The van der Waals surface area contributed by atoms with Crippen molar-refractivity contribution in [2.75, 3.05) is 0 Å². The molecule has 0 N–H and O–H groups in total. The zero-order chi connectivity index (χ0) is 12.7. The molecule has 98 valence electrons. The summed E-state index contributed by atoms with van der Waals surface area (Å²) in [6.07, 6.45) is 10.6. The van der Waals surface area contributed by atoms with Gasteiger partial charge in [0.2, 0.25) is 0 Å². The summed E-state index contributed by atoms with van der Waals surface area (Å²) in [5.41, 5.74) is 0. The lowest BCUT2D eigenvalue weighted by atomic mass is 9.94. The largest absolute Gasteiger partial charge is 0.262 e. The third-order valence-corrected chi connectivity index (χ3v) is 8.28. The van der Waals surface area contributed by atoms with Gasteiger partial charge in [-0.15, -0.1) is 0 Å². The van der Waals surface area contributed by atoms with Gasteiger partial charge in [-0.1, -0.05) is 74.0 Å². The van der Waals surface area contributed by atoms with Gasteiger partial charge in [-0.25, -0.2) is 0 Å². The highest BCUT2D eigenvalue weighted by molar-refractivity contribution is 6.58. The molecular formula is C16H31Al. The average Bonchev–Trinajstić information content (AvgIpc) is 2.26. The van der Waals surface area contributed by atoms with Crippen molar-refractivity contribution in [3.63, 3.8) is 0 Å². The molecule has 0 aromatic rings. The fourth-order valence-corrected chi connectivity index (χ4v) is 7.47. The highest BCUT2D eigenvalue weighted by Gasteiger charge is 2.21. The quantitative estimate of drug-likeness (QED) is 0.411. The van der Waals surface area contributed by atoms with E-state index in [2.05, 4.69) is 39.8 Å². The van der Waals surface area contributed by atoms with E-state index in [0.717, 1.165) is 17.8 Å². The van der Waals surface area contributed by atoms with Crippen LogP contribution in [-0.2, 0) is 0 Å². The van der Waals surface area contributed by atoms with Crippen LogP contribution in [0, 0.1) is 17.8 Å². The monoisotopic (exact) mass is 250 g/mol. The Balaban J connectivity index is 2.31. The molecule has 17 heavy (non-hydrogen) atoms. The molecule has 0 fully saturated rings. The molecule has 0 bridgehead atoms. The molecule has 1 heteroatoms. The topological polar surface area (TPSA) is 0 Å². The molecule has 1 aliphatic carbocycles. The molecule has 0 spiro atoms. The van der Waals surface area contributed by atoms with Crippen molar-refractivity contribution < 1.29 is 0 Å². The van der Waals surface area contributed by atoms with Crippen LogP contribution in [-0.4, -0.2) is 14.1 Å². The molecule has 0 aliphatic heterocycles. The molecule has 1 rings (SSSR count). The zero-order valence-electron chi connectivity index (χ0n) is 12.4. The number of allylic oxidation sites excluding steroid dienone is 2. The van der Waals surface area contributed by atoms with E-state index >= 15 is 0 Å². The van der Waals surface area contributed by atoms with E-state index in [-0.39, 0.29) is 0 Å². The summed E-state index contributed by atoms with van der Waals surface area (Å²) in [4.78, 5) is 0. The lowest BCUT2D eigenvalue weighted by Crippen LogP contribution is -2.18. The van der Waals surface area contributed by atoms with Gasteiger partial charge in [-0.3, -0.25) is 0 Å². The lowest BCUT2D eigenvalue weighted by molar-refractivity contribution is 0.522. The molecule has 0 heterocycles. The molecule has 0 amide bonds. The van der Waals surface area contributed by atoms with Gasteiger partial charge in [0.15, 0.2) is 0 Å². The summed E-state index contributed by atoms with van der Waals surface area (Å²) >= 11 is -0.454. The third-order valence-electron chi connectivity index (χ3n) is 3.91. The average molecular weight is 250 g/mol. The molecule has 1 aliphatic rings. The summed E-state index contributed by atoms with van der Waals surface area (Å²) < 4.78 is 0. The van der Waals surface area contributed by atoms with Gasteiger partial charge in [0.25, 0.3) is 14.1 Å². The minimum Gasteiger partial charge on any atom is -0.0933 e. The van der Waals surface area contributed by atoms with E-state index in [1.165, 1.54) is 25.7 Å². The SMILES string of the molecule is CC(C)[CH2][Al]([CH2]CC1C=CCCC1)[CH2]C(C)C. The molecule has 0 nitrogen and oxygen atoms in total. The summed E-state index contributed by atoms with van der Waals surface area (Å²) in [7, 11) is 0. The molecule has 0 saturated heterocycles. The fourth-order valence-electron chi connectivity index (χ4n) is 3.24. The molecule has 0 aromatic carbocycles. The highest BCUT2D eigenvalue weighted by Crippen LogP contribution is 2.26. The van der Waals surface area contributed by atoms with Gasteiger partial charge in [0.1, 0.15) is 0 Å². The summed E-state index contributed by atoms with van der Waals surface area (Å²) in [6, 6.07) is 0. The van der Waals surface area contributed by atoms with Gasteiger partial charge in [0, 0.05) is 0 Å². The van der Waals surface area contributed by atoms with Crippen LogP contribution < -0.4 is 0 Å². The van der Waals surface area contributed by atoms with Crippen molar-refractivity contribution >= 4 is 14.1 Å². The van der Waals surface area contributed by atoms with Crippen LogP contribution >= 0.6 is 0 Å².